The molecule has 0 fully saturated rings. The summed E-state index contributed by atoms with van der Waals surface area (Å²) < 4.78 is 22.0. The SMILES string of the molecule is CC1COc2cscc2OC1.CCC1COc2cscc2O1. The second kappa shape index (κ2) is 7.24. The molecule has 0 spiro atoms. The minimum Gasteiger partial charge on any atom is -0.488 e. The van der Waals surface area contributed by atoms with Crippen LogP contribution in [0.1, 0.15) is 20.3 Å². The molecule has 4 heterocycles. The van der Waals surface area contributed by atoms with Crippen molar-refractivity contribution in [3.63, 3.8) is 0 Å². The maximum absolute atomic E-state index is 5.61. The van der Waals surface area contributed by atoms with E-state index in [1.54, 1.807) is 22.7 Å². The van der Waals surface area contributed by atoms with Gasteiger partial charge in [-0.05, 0) is 6.42 Å². The largest absolute Gasteiger partial charge is 0.488 e. The molecular weight excluding hydrogens is 320 g/mol. The summed E-state index contributed by atoms with van der Waals surface area (Å²) in [5.74, 6) is 4.11. The van der Waals surface area contributed by atoms with Crippen molar-refractivity contribution in [3.05, 3.63) is 21.5 Å². The Kier molecular flexibility index (Phi) is 5.10. The van der Waals surface area contributed by atoms with Crippen LogP contribution >= 0.6 is 22.7 Å². The van der Waals surface area contributed by atoms with Crippen LogP contribution in [0, 0.1) is 5.92 Å². The number of fused-ring (bicyclic) bond motifs is 2. The zero-order valence-electron chi connectivity index (χ0n) is 12.7. The second-order valence-electron chi connectivity index (χ2n) is 5.39. The molecule has 0 N–H and O–H groups in total. The van der Waals surface area contributed by atoms with Crippen LogP contribution in [0.4, 0.5) is 0 Å². The van der Waals surface area contributed by atoms with Crippen molar-refractivity contribution < 1.29 is 18.9 Å². The molecule has 0 radical (unpaired) electrons. The number of rotatable bonds is 1. The van der Waals surface area contributed by atoms with Crippen LogP contribution in [0.15, 0.2) is 21.5 Å². The van der Waals surface area contributed by atoms with Crippen LogP contribution < -0.4 is 18.9 Å². The molecule has 4 nitrogen and oxygen atoms in total. The van der Waals surface area contributed by atoms with Crippen LogP contribution in [0.5, 0.6) is 23.0 Å². The molecule has 22 heavy (non-hydrogen) atoms. The predicted molar refractivity (Wildman–Crippen MR) is 89.0 cm³/mol. The first-order valence-corrected chi connectivity index (χ1v) is 9.32. The van der Waals surface area contributed by atoms with Gasteiger partial charge >= 0.3 is 0 Å². The Morgan fingerprint density at radius 3 is 1.95 bits per heavy atom. The zero-order chi connectivity index (χ0) is 15.4. The summed E-state index contributed by atoms with van der Waals surface area (Å²) in [5.41, 5.74) is 0. The first-order valence-electron chi connectivity index (χ1n) is 7.43. The van der Waals surface area contributed by atoms with Crippen molar-refractivity contribution in [2.75, 3.05) is 19.8 Å². The van der Waals surface area contributed by atoms with Crippen LogP contribution in [-0.4, -0.2) is 25.9 Å². The topological polar surface area (TPSA) is 36.9 Å². The van der Waals surface area contributed by atoms with Gasteiger partial charge in [0, 0.05) is 27.4 Å². The Bertz CT molecular complexity index is 562. The molecule has 0 amide bonds. The molecule has 1 atom stereocenters. The van der Waals surface area contributed by atoms with Crippen molar-refractivity contribution in [2.45, 2.75) is 26.4 Å². The number of thiophene rings is 2. The van der Waals surface area contributed by atoms with Gasteiger partial charge in [-0.15, -0.1) is 22.7 Å². The molecule has 0 saturated carbocycles. The lowest BCUT2D eigenvalue weighted by Crippen LogP contribution is -2.27. The van der Waals surface area contributed by atoms with Gasteiger partial charge < -0.3 is 18.9 Å². The van der Waals surface area contributed by atoms with Gasteiger partial charge in [0.15, 0.2) is 23.0 Å². The van der Waals surface area contributed by atoms with Crippen molar-refractivity contribution in [2.24, 2.45) is 5.92 Å². The van der Waals surface area contributed by atoms with Gasteiger partial charge in [-0.1, -0.05) is 13.8 Å². The standard InChI is InChI=1S/2C8H10O2S/c1-6-2-9-7-4-11-5-8(7)10-3-6;1-2-6-3-9-7-4-11-5-8(7)10-6/h2*4-6H,2-3H2,1H3. The van der Waals surface area contributed by atoms with Crippen molar-refractivity contribution in [1.29, 1.82) is 0 Å². The summed E-state index contributed by atoms with van der Waals surface area (Å²) in [7, 11) is 0. The van der Waals surface area contributed by atoms with E-state index in [1.165, 1.54) is 0 Å². The molecule has 2 aliphatic heterocycles. The molecular formula is C16H20O4S2. The number of ether oxygens (including phenoxy) is 4. The van der Waals surface area contributed by atoms with Crippen molar-refractivity contribution in [1.82, 2.24) is 0 Å². The van der Waals surface area contributed by atoms with E-state index in [-0.39, 0.29) is 6.10 Å². The molecule has 2 aromatic rings. The first kappa shape index (κ1) is 15.5. The fourth-order valence-electron chi connectivity index (χ4n) is 2.06. The molecule has 120 valence electrons. The van der Waals surface area contributed by atoms with Gasteiger partial charge in [0.2, 0.25) is 0 Å². The molecule has 2 aliphatic rings. The summed E-state index contributed by atoms with van der Waals surface area (Å²) in [4.78, 5) is 0. The Balaban J connectivity index is 0.000000131. The zero-order valence-corrected chi connectivity index (χ0v) is 14.4. The van der Waals surface area contributed by atoms with E-state index in [4.69, 9.17) is 18.9 Å². The highest BCUT2D eigenvalue weighted by Crippen LogP contribution is 2.35. The van der Waals surface area contributed by atoms with Crippen LogP contribution in [0.25, 0.3) is 0 Å². The third kappa shape index (κ3) is 3.67. The maximum atomic E-state index is 5.61. The lowest BCUT2D eigenvalue weighted by Gasteiger charge is -2.23. The molecule has 0 aromatic carbocycles. The molecule has 4 rings (SSSR count). The summed E-state index contributed by atoms with van der Waals surface area (Å²) in [6, 6.07) is 0. The van der Waals surface area contributed by atoms with Crippen LogP contribution in [-0.2, 0) is 0 Å². The lowest BCUT2D eigenvalue weighted by molar-refractivity contribution is 0.0898. The molecule has 0 saturated heterocycles. The highest BCUT2D eigenvalue weighted by molar-refractivity contribution is 7.08. The fourth-order valence-corrected chi connectivity index (χ4v) is 3.41. The third-order valence-electron chi connectivity index (χ3n) is 3.41. The third-order valence-corrected chi connectivity index (χ3v) is 4.81. The Labute approximate surface area is 138 Å². The molecule has 0 bridgehead atoms. The average molecular weight is 340 g/mol. The van der Waals surface area contributed by atoms with E-state index in [2.05, 4.69) is 13.8 Å². The molecule has 1 unspecified atom stereocenters. The van der Waals surface area contributed by atoms with Gasteiger partial charge in [-0.25, -0.2) is 0 Å². The Morgan fingerprint density at radius 2 is 1.36 bits per heavy atom. The summed E-state index contributed by atoms with van der Waals surface area (Å²) >= 11 is 3.23. The number of hydrogen-bond acceptors (Lipinski definition) is 6. The quantitative estimate of drug-likeness (QED) is 0.768. The van der Waals surface area contributed by atoms with Crippen molar-refractivity contribution >= 4 is 22.7 Å². The smallest absolute Gasteiger partial charge is 0.172 e. The van der Waals surface area contributed by atoms with E-state index in [0.29, 0.717) is 12.5 Å². The Morgan fingerprint density at radius 1 is 0.864 bits per heavy atom. The van der Waals surface area contributed by atoms with Crippen LogP contribution in [0.2, 0.25) is 0 Å². The van der Waals surface area contributed by atoms with E-state index < -0.39 is 0 Å². The minimum atomic E-state index is 0.247. The van der Waals surface area contributed by atoms with E-state index >= 15 is 0 Å². The van der Waals surface area contributed by atoms with Crippen LogP contribution in [0.3, 0.4) is 0 Å². The van der Waals surface area contributed by atoms with Gasteiger partial charge in [-0.3, -0.25) is 0 Å². The highest BCUT2D eigenvalue weighted by atomic mass is 32.1. The average Bonchev–Trinajstić information content (AvgIpc) is 3.16. The van der Waals surface area contributed by atoms with Gasteiger partial charge in [-0.2, -0.15) is 0 Å². The van der Waals surface area contributed by atoms with E-state index in [9.17, 15) is 0 Å². The summed E-state index contributed by atoms with van der Waals surface area (Å²) in [6.07, 6.45) is 1.26. The normalized spacial score (nSPS) is 19.8. The maximum Gasteiger partial charge on any atom is 0.172 e. The van der Waals surface area contributed by atoms with E-state index in [0.717, 1.165) is 42.6 Å². The lowest BCUT2D eigenvalue weighted by atomic mass is 10.2. The van der Waals surface area contributed by atoms with Gasteiger partial charge in [0.25, 0.3) is 0 Å². The number of hydrogen-bond donors (Lipinski definition) is 0. The van der Waals surface area contributed by atoms with Gasteiger partial charge in [0.05, 0.1) is 13.2 Å². The predicted octanol–water partition coefficient (Wildman–Crippen LogP) is 4.45. The van der Waals surface area contributed by atoms with E-state index in [1.807, 2.05) is 21.5 Å². The van der Waals surface area contributed by atoms with Crippen molar-refractivity contribution in [3.8, 4) is 23.0 Å². The minimum absolute atomic E-state index is 0.247. The molecule has 6 heteroatoms. The second-order valence-corrected chi connectivity index (χ2v) is 6.87. The fraction of sp³-hybridized carbons (Fsp3) is 0.500. The highest BCUT2D eigenvalue weighted by Gasteiger charge is 2.19. The monoisotopic (exact) mass is 340 g/mol. The summed E-state index contributed by atoms with van der Waals surface area (Å²) in [5, 5.41) is 7.92. The van der Waals surface area contributed by atoms with Gasteiger partial charge in [0.1, 0.15) is 12.7 Å². The first-order chi connectivity index (χ1) is 10.8. The molecule has 0 aliphatic carbocycles. The summed E-state index contributed by atoms with van der Waals surface area (Å²) in [6.45, 7) is 6.45. The Hall–Kier alpha value is -1.40. The molecule has 2 aromatic heterocycles.